The highest BCUT2D eigenvalue weighted by atomic mass is 16.5. The third-order valence-corrected chi connectivity index (χ3v) is 6.00. The third-order valence-electron chi connectivity index (χ3n) is 6.00. The molecule has 1 fully saturated rings. The fourth-order valence-electron chi connectivity index (χ4n) is 4.30. The molecule has 5 atom stereocenters. The SMILES string of the molecule is [2H]C([2H])([2H])Oc1cc2c(cc1OC)C1CC(OC(=O)[C@@H](N)C(C)C)C(C([2H])([2H])C([2H])(C)C([2H])([2H])[2H])CN1CC2. The molecule has 2 heterocycles. The van der Waals surface area contributed by atoms with Gasteiger partial charge in [0.2, 0.25) is 0 Å². The molecule has 1 aromatic carbocycles. The fraction of sp³-hybridized carbons (Fsp3) is 0.708. The number of carbonyl (C=O) groups is 1. The molecule has 2 aliphatic rings. The summed E-state index contributed by atoms with van der Waals surface area (Å²) in [7, 11) is -1.28. The summed E-state index contributed by atoms with van der Waals surface area (Å²) in [5.41, 5.74) is 7.62. The topological polar surface area (TPSA) is 74.0 Å². The van der Waals surface area contributed by atoms with Crippen LogP contribution in [0.2, 0.25) is 0 Å². The number of benzene rings is 1. The molecule has 0 bridgehead atoms. The number of methoxy groups -OCH3 is 2. The maximum Gasteiger partial charge on any atom is 0.323 e. The number of carbonyl (C=O) groups excluding carboxylic acids is 1. The molecule has 4 unspecified atom stereocenters. The van der Waals surface area contributed by atoms with Gasteiger partial charge in [0.1, 0.15) is 12.1 Å². The first-order valence-electron chi connectivity index (χ1n) is 14.8. The third kappa shape index (κ3) is 4.75. The normalized spacial score (nSPS) is 32.6. The van der Waals surface area contributed by atoms with Crippen LogP contribution in [0.5, 0.6) is 11.5 Å². The molecular weight excluding hydrogens is 380 g/mol. The molecule has 3 rings (SSSR count). The van der Waals surface area contributed by atoms with E-state index in [-0.39, 0.29) is 36.4 Å². The van der Waals surface area contributed by atoms with Crippen molar-refractivity contribution in [3.05, 3.63) is 23.3 Å². The van der Waals surface area contributed by atoms with E-state index in [0.29, 0.717) is 13.0 Å². The Kier molecular flexibility index (Phi) is 4.33. The van der Waals surface area contributed by atoms with Crippen molar-refractivity contribution < 1.29 is 31.3 Å². The van der Waals surface area contributed by atoms with Gasteiger partial charge in [-0.15, -0.1) is 0 Å². The molecule has 0 spiro atoms. The highest BCUT2D eigenvalue weighted by Gasteiger charge is 2.41. The van der Waals surface area contributed by atoms with Crippen LogP contribution in [0.4, 0.5) is 0 Å². The zero-order valence-electron chi connectivity index (χ0n) is 27.0. The van der Waals surface area contributed by atoms with Crippen LogP contribution in [0.25, 0.3) is 0 Å². The summed E-state index contributed by atoms with van der Waals surface area (Å²) in [5.74, 6) is -4.29. The van der Waals surface area contributed by atoms with Gasteiger partial charge in [0.05, 0.1) is 18.3 Å². The summed E-state index contributed by atoms with van der Waals surface area (Å²) in [6, 6.07) is 1.97. The molecule has 1 saturated heterocycles. The summed E-state index contributed by atoms with van der Waals surface area (Å²) in [4.78, 5) is 14.9. The van der Waals surface area contributed by atoms with Gasteiger partial charge in [-0.05, 0) is 47.9 Å². The Morgan fingerprint density at radius 3 is 2.80 bits per heavy atom. The van der Waals surface area contributed by atoms with Gasteiger partial charge in [-0.1, -0.05) is 27.6 Å². The Morgan fingerprint density at radius 2 is 2.13 bits per heavy atom. The maximum absolute atomic E-state index is 12.9. The minimum absolute atomic E-state index is 0.0341. The first-order valence-corrected chi connectivity index (χ1v) is 10.3. The Morgan fingerprint density at radius 1 is 1.37 bits per heavy atom. The van der Waals surface area contributed by atoms with Gasteiger partial charge in [0.25, 0.3) is 0 Å². The smallest absolute Gasteiger partial charge is 0.323 e. The standard InChI is InChI=1S/C24H38N2O4/c1-14(2)9-17-13-26-8-7-16-10-21(28-5)22(29-6)11-18(16)19(26)12-20(17)30-24(27)23(25)15(3)4/h10-11,14-15,17,19-20,23H,7-9,12-13,25H2,1-6H3/t17?,19?,20?,23-/m0/s1/i1D3,5D3,9D2,14D/t14?,17?,19?,20?,23-. The van der Waals surface area contributed by atoms with Crippen molar-refractivity contribution in [1.82, 2.24) is 4.90 Å². The monoisotopic (exact) mass is 427 g/mol. The number of esters is 1. The lowest BCUT2D eigenvalue weighted by atomic mass is 9.79. The second-order valence-corrected chi connectivity index (χ2v) is 8.42. The Labute approximate surface area is 193 Å². The highest BCUT2D eigenvalue weighted by molar-refractivity contribution is 5.76. The molecule has 0 aromatic heterocycles. The van der Waals surface area contributed by atoms with E-state index in [1.807, 2.05) is 4.90 Å². The molecule has 0 saturated carbocycles. The maximum atomic E-state index is 12.9. The second kappa shape index (κ2) is 9.56. The van der Waals surface area contributed by atoms with Crippen molar-refractivity contribution >= 4 is 5.97 Å². The van der Waals surface area contributed by atoms with Gasteiger partial charge in [-0.3, -0.25) is 9.69 Å². The van der Waals surface area contributed by atoms with E-state index in [4.69, 9.17) is 32.3 Å². The number of hydrogen-bond donors (Lipinski definition) is 1. The Hall–Kier alpha value is -1.79. The van der Waals surface area contributed by atoms with Crippen molar-refractivity contribution in [1.29, 1.82) is 0 Å². The van der Waals surface area contributed by atoms with Crippen LogP contribution in [0.3, 0.4) is 0 Å². The van der Waals surface area contributed by atoms with Crippen molar-refractivity contribution in [2.24, 2.45) is 23.5 Å². The average Bonchev–Trinajstić information content (AvgIpc) is 2.80. The summed E-state index contributed by atoms with van der Waals surface area (Å²) in [6.07, 6.45) is -3.03. The van der Waals surface area contributed by atoms with Crippen LogP contribution in [0.1, 0.15) is 69.9 Å². The number of rotatable bonds is 7. The summed E-state index contributed by atoms with van der Waals surface area (Å²) < 4.78 is 88.5. The van der Waals surface area contributed by atoms with E-state index < -0.39 is 50.2 Å². The molecular formula is C24H38N2O4. The lowest BCUT2D eigenvalue weighted by Gasteiger charge is -2.47. The number of nitrogens with two attached hydrogens (primary N) is 1. The van der Waals surface area contributed by atoms with Crippen LogP contribution >= 0.6 is 0 Å². The van der Waals surface area contributed by atoms with Gasteiger partial charge < -0.3 is 19.9 Å². The van der Waals surface area contributed by atoms with E-state index in [9.17, 15) is 4.79 Å². The minimum Gasteiger partial charge on any atom is -0.493 e. The molecule has 6 nitrogen and oxygen atoms in total. The van der Waals surface area contributed by atoms with Gasteiger partial charge in [0, 0.05) is 39.7 Å². The van der Waals surface area contributed by atoms with Gasteiger partial charge in [-0.25, -0.2) is 0 Å². The Balaban J connectivity index is 2.05. The zero-order valence-corrected chi connectivity index (χ0v) is 18.0. The predicted octanol–water partition coefficient (Wildman–Crippen LogP) is 3.56. The molecule has 0 aliphatic carbocycles. The molecule has 1 aromatic rings. The van der Waals surface area contributed by atoms with E-state index >= 15 is 0 Å². The number of piperidine rings is 1. The van der Waals surface area contributed by atoms with Crippen molar-refractivity contribution in [2.45, 2.75) is 65.0 Å². The first-order chi connectivity index (χ1) is 17.7. The lowest BCUT2D eigenvalue weighted by molar-refractivity contribution is -0.160. The second-order valence-electron chi connectivity index (χ2n) is 8.42. The largest absolute Gasteiger partial charge is 0.493 e. The van der Waals surface area contributed by atoms with Gasteiger partial charge in [-0.2, -0.15) is 0 Å². The van der Waals surface area contributed by atoms with Gasteiger partial charge in [0.15, 0.2) is 11.5 Å². The summed E-state index contributed by atoms with van der Waals surface area (Å²) in [6.45, 7) is 2.11. The van der Waals surface area contributed by atoms with Crippen molar-refractivity contribution in [3.63, 3.8) is 0 Å². The first kappa shape index (κ1) is 13.6. The fourth-order valence-corrected chi connectivity index (χ4v) is 4.30. The number of hydrogen-bond acceptors (Lipinski definition) is 6. The van der Waals surface area contributed by atoms with E-state index in [1.165, 1.54) is 7.11 Å². The molecule has 168 valence electrons. The molecule has 0 amide bonds. The minimum atomic E-state index is -2.93. The van der Waals surface area contributed by atoms with Crippen LogP contribution in [-0.2, 0) is 16.0 Å². The quantitative estimate of drug-likeness (QED) is 0.671. The van der Waals surface area contributed by atoms with Crippen molar-refractivity contribution in [2.75, 3.05) is 27.2 Å². The van der Waals surface area contributed by atoms with Crippen LogP contribution in [-0.4, -0.2) is 50.3 Å². The number of nitrogens with zero attached hydrogens (tertiary/aromatic N) is 1. The van der Waals surface area contributed by atoms with Gasteiger partial charge >= 0.3 is 5.97 Å². The van der Waals surface area contributed by atoms with Crippen molar-refractivity contribution in [3.8, 4) is 11.5 Å². The van der Waals surface area contributed by atoms with Crippen LogP contribution in [0.15, 0.2) is 12.1 Å². The van der Waals surface area contributed by atoms with E-state index in [0.717, 1.165) is 18.1 Å². The number of fused-ring (bicyclic) bond motifs is 3. The van der Waals surface area contributed by atoms with Crippen LogP contribution < -0.4 is 15.2 Å². The Bertz CT molecular complexity index is 1060. The van der Waals surface area contributed by atoms with Crippen LogP contribution in [0, 0.1) is 17.7 Å². The molecule has 30 heavy (non-hydrogen) atoms. The molecule has 6 heteroatoms. The van der Waals surface area contributed by atoms with E-state index in [1.54, 1.807) is 26.0 Å². The average molecular weight is 428 g/mol. The lowest BCUT2D eigenvalue weighted by Crippen LogP contribution is -2.51. The molecule has 2 N–H and O–H groups in total. The number of ether oxygens (including phenoxy) is 3. The summed E-state index contributed by atoms with van der Waals surface area (Å²) >= 11 is 0. The van der Waals surface area contributed by atoms with E-state index in [2.05, 4.69) is 0 Å². The molecule has 0 radical (unpaired) electrons. The summed E-state index contributed by atoms with van der Waals surface area (Å²) in [5, 5.41) is 0. The molecule has 2 aliphatic heterocycles. The predicted molar refractivity (Wildman–Crippen MR) is 118 cm³/mol. The zero-order chi connectivity index (χ0) is 29.7. The highest BCUT2D eigenvalue weighted by Crippen LogP contribution is 2.44.